The molecule has 1 saturated heterocycles. The Morgan fingerprint density at radius 3 is 2.41 bits per heavy atom. The third kappa shape index (κ3) is 4.28. The quantitative estimate of drug-likeness (QED) is 0.425. The van der Waals surface area contributed by atoms with Crippen molar-refractivity contribution < 1.29 is 23.2 Å². The van der Waals surface area contributed by atoms with E-state index >= 15 is 0 Å². The Bertz CT molecular complexity index is 943. The second kappa shape index (κ2) is 8.35. The summed E-state index contributed by atoms with van der Waals surface area (Å²) in [6, 6.07) is 6.85. The lowest BCUT2D eigenvalue weighted by Gasteiger charge is -2.32. The zero-order chi connectivity index (χ0) is 21.2. The van der Waals surface area contributed by atoms with Crippen molar-refractivity contribution in [2.24, 2.45) is 0 Å². The summed E-state index contributed by atoms with van der Waals surface area (Å²) >= 11 is 0. The van der Waals surface area contributed by atoms with E-state index in [0.29, 0.717) is 28.6 Å². The lowest BCUT2D eigenvalue weighted by atomic mass is 9.74. The van der Waals surface area contributed by atoms with Crippen LogP contribution in [0, 0.1) is 17.7 Å². The van der Waals surface area contributed by atoms with E-state index in [4.69, 9.17) is 18.8 Å². The Morgan fingerprint density at radius 1 is 1.10 bits per heavy atom. The maximum atomic E-state index is 14.8. The molecule has 1 heterocycles. The van der Waals surface area contributed by atoms with E-state index in [1.165, 1.54) is 6.07 Å². The molecule has 2 aromatic rings. The van der Waals surface area contributed by atoms with Gasteiger partial charge in [0.1, 0.15) is 11.6 Å². The Kier molecular flexibility index (Phi) is 6.23. The molecule has 0 spiro atoms. The van der Waals surface area contributed by atoms with Gasteiger partial charge in [-0.3, -0.25) is 0 Å². The summed E-state index contributed by atoms with van der Waals surface area (Å²) in [5, 5.41) is 1.50. The molecule has 0 unspecified atom stereocenters. The van der Waals surface area contributed by atoms with Crippen LogP contribution >= 0.6 is 0 Å². The summed E-state index contributed by atoms with van der Waals surface area (Å²) in [4.78, 5) is 0. The van der Waals surface area contributed by atoms with Crippen molar-refractivity contribution in [2.75, 3.05) is 13.9 Å². The molecular formula is C23H28BFO4. The third-order valence-corrected chi connectivity index (χ3v) is 5.51. The van der Waals surface area contributed by atoms with Crippen LogP contribution in [0.4, 0.5) is 4.39 Å². The molecule has 3 rings (SSSR count). The first-order valence-corrected chi connectivity index (χ1v) is 9.92. The van der Waals surface area contributed by atoms with E-state index < -0.39 is 18.3 Å². The van der Waals surface area contributed by atoms with Gasteiger partial charge in [0.25, 0.3) is 0 Å². The van der Waals surface area contributed by atoms with Gasteiger partial charge in [-0.05, 0) is 63.2 Å². The van der Waals surface area contributed by atoms with Crippen molar-refractivity contribution >= 4 is 23.4 Å². The minimum Gasteiger partial charge on any atom is -0.468 e. The maximum Gasteiger partial charge on any atom is 0.495 e. The number of hydrogen-bond acceptors (Lipinski definition) is 4. The summed E-state index contributed by atoms with van der Waals surface area (Å²) < 4.78 is 38.0. The molecule has 1 fully saturated rings. The number of ether oxygens (including phenoxy) is 2. The highest BCUT2D eigenvalue weighted by atomic mass is 19.1. The molecule has 4 nitrogen and oxygen atoms in total. The van der Waals surface area contributed by atoms with E-state index in [-0.39, 0.29) is 12.6 Å². The van der Waals surface area contributed by atoms with Gasteiger partial charge in [-0.1, -0.05) is 24.8 Å². The van der Waals surface area contributed by atoms with Gasteiger partial charge in [0.05, 0.1) is 16.8 Å². The second-order valence-electron chi connectivity index (χ2n) is 8.22. The first-order valence-electron chi connectivity index (χ1n) is 9.92. The highest BCUT2D eigenvalue weighted by molar-refractivity contribution is 6.65. The van der Waals surface area contributed by atoms with Crippen molar-refractivity contribution in [3.8, 4) is 17.6 Å². The van der Waals surface area contributed by atoms with Gasteiger partial charge in [0.15, 0.2) is 6.79 Å². The predicted octanol–water partition coefficient (Wildman–Crippen LogP) is 4.41. The number of fused-ring (bicyclic) bond motifs is 1. The molecular weight excluding hydrogens is 370 g/mol. The summed E-state index contributed by atoms with van der Waals surface area (Å²) in [5.74, 6) is 6.33. The van der Waals surface area contributed by atoms with Gasteiger partial charge < -0.3 is 18.8 Å². The molecule has 2 aromatic carbocycles. The molecule has 0 aliphatic carbocycles. The average molecular weight is 398 g/mol. The van der Waals surface area contributed by atoms with Crippen molar-refractivity contribution in [1.29, 1.82) is 0 Å². The molecule has 154 valence electrons. The summed E-state index contributed by atoms with van der Waals surface area (Å²) in [6.45, 7) is 10.1. The lowest BCUT2D eigenvalue weighted by Crippen LogP contribution is -2.41. The second-order valence-corrected chi connectivity index (χ2v) is 8.22. The van der Waals surface area contributed by atoms with E-state index in [0.717, 1.165) is 11.8 Å². The van der Waals surface area contributed by atoms with Crippen LogP contribution in [-0.2, 0) is 14.0 Å². The number of rotatable bonds is 5. The molecule has 0 aromatic heterocycles. The van der Waals surface area contributed by atoms with Crippen LogP contribution in [0.2, 0.25) is 0 Å². The van der Waals surface area contributed by atoms with Crippen LogP contribution in [0.3, 0.4) is 0 Å². The standard InChI is InChI=1S/C23H28BFO4/c1-7-8-9-10-18-20(25)12-11-16-13-17(27-15-26-6)14-19(21(16)18)24-28-22(2,3)23(4,5)29-24/h11-14H,7-8,15H2,1-6H3. The van der Waals surface area contributed by atoms with Crippen molar-refractivity contribution in [1.82, 2.24) is 0 Å². The van der Waals surface area contributed by atoms with Gasteiger partial charge in [-0.15, -0.1) is 0 Å². The molecule has 1 aliphatic heterocycles. The van der Waals surface area contributed by atoms with Crippen molar-refractivity contribution in [3.05, 3.63) is 35.6 Å². The van der Waals surface area contributed by atoms with E-state index in [2.05, 4.69) is 11.8 Å². The molecule has 0 radical (unpaired) electrons. The van der Waals surface area contributed by atoms with Gasteiger partial charge in [-0.25, -0.2) is 4.39 Å². The van der Waals surface area contributed by atoms with Gasteiger partial charge in [-0.2, -0.15) is 0 Å². The Morgan fingerprint density at radius 2 is 1.79 bits per heavy atom. The van der Waals surface area contributed by atoms with Crippen LogP contribution in [0.15, 0.2) is 24.3 Å². The van der Waals surface area contributed by atoms with Crippen LogP contribution in [0.1, 0.15) is 53.0 Å². The van der Waals surface area contributed by atoms with Crippen LogP contribution in [0.5, 0.6) is 5.75 Å². The highest BCUT2D eigenvalue weighted by Gasteiger charge is 2.52. The molecule has 6 heteroatoms. The predicted molar refractivity (Wildman–Crippen MR) is 114 cm³/mol. The molecule has 0 bridgehead atoms. The van der Waals surface area contributed by atoms with E-state index in [1.807, 2.05) is 46.8 Å². The normalized spacial score (nSPS) is 17.3. The zero-order valence-electron chi connectivity index (χ0n) is 18.0. The monoisotopic (exact) mass is 398 g/mol. The smallest absolute Gasteiger partial charge is 0.468 e. The number of benzene rings is 2. The molecule has 0 N–H and O–H groups in total. The SMILES string of the molecule is CCCC#Cc1c(F)ccc2cc(OCOC)cc(B3OC(C)(C)C(C)(C)O3)c12. The summed E-state index contributed by atoms with van der Waals surface area (Å²) in [6.07, 6.45) is 1.62. The lowest BCUT2D eigenvalue weighted by molar-refractivity contribution is 0.00578. The van der Waals surface area contributed by atoms with Crippen LogP contribution in [-0.4, -0.2) is 32.2 Å². The molecule has 0 amide bonds. The molecule has 1 aliphatic rings. The fraction of sp³-hybridized carbons (Fsp3) is 0.478. The van der Waals surface area contributed by atoms with Crippen molar-refractivity contribution in [2.45, 2.75) is 58.7 Å². The number of methoxy groups -OCH3 is 1. The van der Waals surface area contributed by atoms with Gasteiger partial charge >= 0.3 is 7.12 Å². The Labute approximate surface area is 172 Å². The van der Waals surface area contributed by atoms with E-state index in [9.17, 15) is 4.39 Å². The van der Waals surface area contributed by atoms with Gasteiger partial charge in [0.2, 0.25) is 0 Å². The van der Waals surface area contributed by atoms with Gasteiger partial charge in [0, 0.05) is 18.9 Å². The number of hydrogen-bond donors (Lipinski definition) is 0. The summed E-state index contributed by atoms with van der Waals surface area (Å²) in [5.41, 5.74) is 0.0234. The first kappa shape index (κ1) is 21.6. The topological polar surface area (TPSA) is 36.9 Å². The number of halogens is 1. The highest BCUT2D eigenvalue weighted by Crippen LogP contribution is 2.38. The molecule has 0 atom stereocenters. The minimum absolute atomic E-state index is 0.110. The van der Waals surface area contributed by atoms with E-state index in [1.54, 1.807) is 13.2 Å². The third-order valence-electron chi connectivity index (χ3n) is 5.51. The zero-order valence-corrected chi connectivity index (χ0v) is 18.0. The Balaban J connectivity index is 2.22. The number of unbranched alkanes of at least 4 members (excludes halogenated alkanes) is 1. The molecule has 0 saturated carbocycles. The van der Waals surface area contributed by atoms with Crippen LogP contribution < -0.4 is 10.2 Å². The summed E-state index contributed by atoms with van der Waals surface area (Å²) in [7, 11) is 0.898. The first-order chi connectivity index (χ1) is 13.7. The maximum absolute atomic E-state index is 14.8. The van der Waals surface area contributed by atoms with Crippen LogP contribution in [0.25, 0.3) is 10.8 Å². The minimum atomic E-state index is -0.665. The fourth-order valence-electron chi connectivity index (χ4n) is 3.21. The van der Waals surface area contributed by atoms with Crippen molar-refractivity contribution in [3.63, 3.8) is 0 Å². The largest absolute Gasteiger partial charge is 0.495 e. The Hall–Kier alpha value is -2.07. The average Bonchev–Trinajstić information content (AvgIpc) is 2.88. The molecule has 29 heavy (non-hydrogen) atoms. The fourth-order valence-corrected chi connectivity index (χ4v) is 3.21.